The molecule has 0 aromatic carbocycles. The first-order chi connectivity index (χ1) is 11.4. The van der Waals surface area contributed by atoms with Crippen LogP contribution in [0.5, 0.6) is 0 Å². The highest BCUT2D eigenvalue weighted by atomic mass is 32.2. The van der Waals surface area contributed by atoms with E-state index in [1.807, 2.05) is 0 Å². The molecule has 0 radical (unpaired) electrons. The number of thioether (sulfide) groups is 1. The summed E-state index contributed by atoms with van der Waals surface area (Å²) in [6.45, 7) is 6.68. The van der Waals surface area contributed by atoms with Crippen molar-refractivity contribution in [2.24, 2.45) is 34.5 Å². The summed E-state index contributed by atoms with van der Waals surface area (Å²) in [5, 5.41) is 2.03. The lowest BCUT2D eigenvalue weighted by Gasteiger charge is -2.60. The van der Waals surface area contributed by atoms with Crippen LogP contribution in [0.25, 0.3) is 0 Å². The number of ether oxygens (including phenoxy) is 1. The fourth-order valence-corrected chi connectivity index (χ4v) is 9.47. The SMILES string of the molecule is CC(=O)O[C@H]1CC[C@H]2[C@@H]3CC[C@H]4[C@@H]5S[C@@H]5CC[C@]4(C)[C@H]3CC[C@]12C. The summed E-state index contributed by atoms with van der Waals surface area (Å²) >= 11 is 2.29. The monoisotopic (exact) mass is 348 g/mol. The summed E-state index contributed by atoms with van der Waals surface area (Å²) in [7, 11) is 0. The second-order valence-corrected chi connectivity index (χ2v) is 11.4. The molecule has 4 aliphatic carbocycles. The maximum absolute atomic E-state index is 11.6. The Labute approximate surface area is 150 Å². The van der Waals surface area contributed by atoms with Crippen molar-refractivity contribution in [3.05, 3.63) is 0 Å². The quantitative estimate of drug-likeness (QED) is 0.490. The van der Waals surface area contributed by atoms with Crippen molar-refractivity contribution in [2.45, 2.75) is 88.7 Å². The van der Waals surface area contributed by atoms with Gasteiger partial charge in [-0.25, -0.2) is 0 Å². The van der Waals surface area contributed by atoms with Crippen LogP contribution in [0.15, 0.2) is 0 Å². The van der Waals surface area contributed by atoms with Gasteiger partial charge in [0.05, 0.1) is 0 Å². The van der Waals surface area contributed by atoms with Crippen molar-refractivity contribution in [3.8, 4) is 0 Å². The van der Waals surface area contributed by atoms with E-state index in [-0.39, 0.29) is 17.5 Å². The Morgan fingerprint density at radius 2 is 1.62 bits per heavy atom. The maximum atomic E-state index is 11.6. The first-order valence-electron chi connectivity index (χ1n) is 10.3. The Morgan fingerprint density at radius 3 is 2.42 bits per heavy atom. The second-order valence-electron chi connectivity index (χ2n) is 9.96. The lowest BCUT2D eigenvalue weighted by Crippen LogP contribution is -2.54. The molecule has 1 aliphatic heterocycles. The number of carbonyl (C=O) groups is 1. The van der Waals surface area contributed by atoms with Gasteiger partial charge in [0.15, 0.2) is 0 Å². The van der Waals surface area contributed by atoms with Crippen LogP contribution in [-0.2, 0) is 9.53 Å². The normalized spacial score (nSPS) is 58.0. The van der Waals surface area contributed by atoms with Crippen LogP contribution >= 0.6 is 11.8 Å². The topological polar surface area (TPSA) is 26.3 Å². The minimum Gasteiger partial charge on any atom is -0.462 e. The highest BCUT2D eigenvalue weighted by molar-refractivity contribution is 8.07. The van der Waals surface area contributed by atoms with E-state index in [4.69, 9.17) is 4.74 Å². The molecule has 24 heavy (non-hydrogen) atoms. The third-order valence-corrected chi connectivity index (χ3v) is 10.7. The van der Waals surface area contributed by atoms with E-state index in [2.05, 4.69) is 25.6 Å². The van der Waals surface area contributed by atoms with Gasteiger partial charge in [-0.2, -0.15) is 11.8 Å². The zero-order valence-electron chi connectivity index (χ0n) is 15.4. The molecule has 0 amide bonds. The molecule has 0 aromatic heterocycles. The molecular weight excluding hydrogens is 316 g/mol. The zero-order chi connectivity index (χ0) is 16.7. The fraction of sp³-hybridized carbons (Fsp3) is 0.952. The van der Waals surface area contributed by atoms with Gasteiger partial charge in [-0.3, -0.25) is 4.79 Å². The lowest BCUT2D eigenvalue weighted by atomic mass is 9.45. The molecule has 2 nitrogen and oxygen atoms in total. The van der Waals surface area contributed by atoms with Gasteiger partial charge in [0.25, 0.3) is 0 Å². The molecule has 0 unspecified atom stereocenters. The summed E-state index contributed by atoms with van der Waals surface area (Å²) in [4.78, 5) is 11.6. The summed E-state index contributed by atoms with van der Waals surface area (Å²) in [6, 6.07) is 0. The molecule has 0 N–H and O–H groups in total. The van der Waals surface area contributed by atoms with E-state index in [1.165, 1.54) is 44.9 Å². The number of hydrogen-bond donors (Lipinski definition) is 0. The summed E-state index contributed by atoms with van der Waals surface area (Å²) in [5.41, 5.74) is 0.857. The van der Waals surface area contributed by atoms with Crippen molar-refractivity contribution in [3.63, 3.8) is 0 Å². The lowest BCUT2D eigenvalue weighted by molar-refractivity contribution is -0.160. The third kappa shape index (κ3) is 2.06. The average molecular weight is 349 g/mol. The van der Waals surface area contributed by atoms with Crippen molar-refractivity contribution >= 4 is 17.7 Å². The van der Waals surface area contributed by atoms with Gasteiger partial charge in [0.1, 0.15) is 6.10 Å². The molecule has 1 heterocycles. The molecule has 4 saturated carbocycles. The maximum Gasteiger partial charge on any atom is 0.302 e. The summed E-state index contributed by atoms with van der Waals surface area (Å²) in [5.74, 6) is 3.54. The van der Waals surface area contributed by atoms with Crippen LogP contribution in [-0.4, -0.2) is 22.6 Å². The Morgan fingerprint density at radius 1 is 0.917 bits per heavy atom. The standard InChI is InChI=1S/C21H32O2S/c1-12(22)23-18-7-6-14-13-4-5-16-19-17(24-19)9-11-20(16,2)15(13)8-10-21(14,18)3/h13-19H,4-11H2,1-3H3/t13-,14-,15-,16-,17+,18-,19-,20+,21-/m0/s1. The van der Waals surface area contributed by atoms with Crippen molar-refractivity contribution < 1.29 is 9.53 Å². The third-order valence-electron chi connectivity index (χ3n) is 9.15. The van der Waals surface area contributed by atoms with Gasteiger partial charge in [-0.15, -0.1) is 0 Å². The van der Waals surface area contributed by atoms with Crippen LogP contribution in [0.4, 0.5) is 0 Å². The van der Waals surface area contributed by atoms with Gasteiger partial charge in [-0.05, 0) is 80.5 Å². The molecule has 0 spiro atoms. The van der Waals surface area contributed by atoms with Crippen LogP contribution in [0.2, 0.25) is 0 Å². The largest absolute Gasteiger partial charge is 0.462 e. The minimum atomic E-state index is -0.0799. The van der Waals surface area contributed by atoms with Crippen molar-refractivity contribution in [1.82, 2.24) is 0 Å². The predicted octanol–water partition coefficient (Wildman–Crippen LogP) is 5.05. The molecule has 5 aliphatic rings. The van der Waals surface area contributed by atoms with Crippen molar-refractivity contribution in [1.29, 1.82) is 0 Å². The second kappa shape index (κ2) is 5.18. The van der Waals surface area contributed by atoms with Crippen LogP contribution in [0.3, 0.4) is 0 Å². The average Bonchev–Trinajstić information content (AvgIpc) is 3.24. The Balaban J connectivity index is 1.42. The Bertz CT molecular complexity index is 562. The van der Waals surface area contributed by atoms with Crippen molar-refractivity contribution in [2.75, 3.05) is 0 Å². The molecule has 3 heteroatoms. The van der Waals surface area contributed by atoms with Crippen LogP contribution in [0, 0.1) is 34.5 Å². The van der Waals surface area contributed by atoms with Crippen LogP contribution in [0.1, 0.15) is 72.1 Å². The molecule has 5 rings (SSSR count). The van der Waals surface area contributed by atoms with E-state index >= 15 is 0 Å². The van der Waals surface area contributed by atoms with Gasteiger partial charge in [0, 0.05) is 22.8 Å². The molecule has 1 saturated heterocycles. The Hall–Kier alpha value is -0.180. The number of hydrogen-bond acceptors (Lipinski definition) is 3. The van der Waals surface area contributed by atoms with E-state index in [1.54, 1.807) is 6.92 Å². The fourth-order valence-electron chi connectivity index (χ4n) is 7.94. The first-order valence-corrected chi connectivity index (χ1v) is 11.2. The number of carbonyl (C=O) groups excluding carboxylic acids is 1. The molecular formula is C21H32O2S. The van der Waals surface area contributed by atoms with Gasteiger partial charge < -0.3 is 4.74 Å². The summed E-state index contributed by atoms with van der Waals surface area (Å²) < 4.78 is 5.78. The van der Waals surface area contributed by atoms with E-state index < -0.39 is 0 Å². The first kappa shape index (κ1) is 16.0. The molecule has 0 aromatic rings. The highest BCUT2D eigenvalue weighted by Gasteiger charge is 2.64. The summed E-state index contributed by atoms with van der Waals surface area (Å²) in [6.07, 6.45) is 11.1. The zero-order valence-corrected chi connectivity index (χ0v) is 16.2. The Kier molecular flexibility index (Phi) is 3.46. The minimum absolute atomic E-state index is 0.0799. The molecule has 9 atom stereocenters. The number of rotatable bonds is 1. The smallest absolute Gasteiger partial charge is 0.302 e. The van der Waals surface area contributed by atoms with E-state index in [0.717, 1.165) is 40.6 Å². The number of esters is 1. The van der Waals surface area contributed by atoms with Gasteiger partial charge in [-0.1, -0.05) is 13.8 Å². The van der Waals surface area contributed by atoms with E-state index in [9.17, 15) is 4.79 Å². The van der Waals surface area contributed by atoms with Gasteiger partial charge >= 0.3 is 5.97 Å². The molecule has 134 valence electrons. The van der Waals surface area contributed by atoms with Crippen LogP contribution < -0.4 is 0 Å². The molecule has 0 bridgehead atoms. The molecule has 5 fully saturated rings. The predicted molar refractivity (Wildman–Crippen MR) is 97.8 cm³/mol. The van der Waals surface area contributed by atoms with E-state index in [0.29, 0.717) is 5.41 Å². The van der Waals surface area contributed by atoms with Gasteiger partial charge in [0.2, 0.25) is 0 Å². The highest BCUT2D eigenvalue weighted by Crippen LogP contribution is 2.71. The number of fused-ring (bicyclic) bond motifs is 7.